The lowest BCUT2D eigenvalue weighted by molar-refractivity contribution is -0.119. The van der Waals surface area contributed by atoms with Crippen molar-refractivity contribution in [1.29, 1.82) is 0 Å². The molecule has 146 valence electrons. The maximum absolute atomic E-state index is 13.3. The number of rotatable bonds is 3. The Morgan fingerprint density at radius 1 is 1.10 bits per heavy atom. The first kappa shape index (κ1) is 19.0. The minimum Gasteiger partial charge on any atom is -0.330 e. The van der Waals surface area contributed by atoms with E-state index in [4.69, 9.17) is 11.6 Å². The maximum Gasteiger partial charge on any atom is 0.319 e. The number of anilines is 1. The molecule has 3 aromatic carbocycles. The zero-order chi connectivity index (χ0) is 20.5. The molecule has 0 bridgehead atoms. The minimum absolute atomic E-state index is 0.272. The van der Waals surface area contributed by atoms with Gasteiger partial charge in [-0.15, -0.1) is 0 Å². The standard InChI is InChI=1S/C23H20ClN3O2/c1-13-10-11-16(24)12-19(13)26-22(28)20-14(2)25-23(29)27-21(20)18-9-5-7-15-6-3-4-8-17(15)18/h3-12,20-21H,2H2,1H3,(H,26,28)(H2,25,27,29)/t20-,21-/m1/s1. The molecule has 3 aromatic rings. The number of hydrogen-bond acceptors (Lipinski definition) is 2. The number of hydrogen-bond donors (Lipinski definition) is 3. The first-order chi connectivity index (χ1) is 13.9. The summed E-state index contributed by atoms with van der Waals surface area (Å²) in [5.74, 6) is -0.970. The lowest BCUT2D eigenvalue weighted by atomic mass is 9.85. The van der Waals surface area contributed by atoms with E-state index in [0.29, 0.717) is 16.4 Å². The average Bonchev–Trinajstić information content (AvgIpc) is 2.69. The number of halogens is 1. The number of aryl methyl sites for hydroxylation is 1. The molecule has 0 aliphatic carbocycles. The average molecular weight is 406 g/mol. The fourth-order valence-corrected chi connectivity index (χ4v) is 3.89. The molecular formula is C23H20ClN3O2. The van der Waals surface area contributed by atoms with Crippen molar-refractivity contribution in [1.82, 2.24) is 10.6 Å². The lowest BCUT2D eigenvalue weighted by Crippen LogP contribution is -2.51. The van der Waals surface area contributed by atoms with Gasteiger partial charge in [-0.3, -0.25) is 4.79 Å². The van der Waals surface area contributed by atoms with Gasteiger partial charge in [0.1, 0.15) is 5.92 Å². The number of fused-ring (bicyclic) bond motifs is 1. The molecule has 1 aliphatic rings. The van der Waals surface area contributed by atoms with Crippen molar-refractivity contribution >= 4 is 40.0 Å². The highest BCUT2D eigenvalue weighted by Gasteiger charge is 2.38. The number of benzene rings is 3. The van der Waals surface area contributed by atoms with Crippen molar-refractivity contribution in [3.8, 4) is 0 Å². The Kier molecular flexibility index (Phi) is 4.99. The highest BCUT2D eigenvalue weighted by Crippen LogP contribution is 2.35. The zero-order valence-electron chi connectivity index (χ0n) is 15.8. The van der Waals surface area contributed by atoms with Gasteiger partial charge < -0.3 is 16.0 Å². The number of carbonyl (C=O) groups is 2. The smallest absolute Gasteiger partial charge is 0.319 e. The second-order valence-electron chi connectivity index (χ2n) is 7.10. The summed E-state index contributed by atoms with van der Waals surface area (Å²) in [6.07, 6.45) is 0. The first-order valence-electron chi connectivity index (χ1n) is 9.25. The predicted octanol–water partition coefficient (Wildman–Crippen LogP) is 4.92. The molecule has 0 aromatic heterocycles. The van der Waals surface area contributed by atoms with Crippen molar-refractivity contribution in [2.24, 2.45) is 5.92 Å². The molecule has 1 aliphatic heterocycles. The van der Waals surface area contributed by atoms with Gasteiger partial charge in [0.05, 0.1) is 6.04 Å². The Balaban J connectivity index is 1.74. The van der Waals surface area contributed by atoms with Crippen LogP contribution in [0.3, 0.4) is 0 Å². The van der Waals surface area contributed by atoms with Gasteiger partial charge in [0, 0.05) is 16.4 Å². The third-order valence-corrected chi connectivity index (χ3v) is 5.40. The largest absolute Gasteiger partial charge is 0.330 e. The third-order valence-electron chi connectivity index (χ3n) is 5.17. The summed E-state index contributed by atoms with van der Waals surface area (Å²) in [5.41, 5.74) is 2.73. The van der Waals surface area contributed by atoms with Gasteiger partial charge in [0.2, 0.25) is 5.91 Å². The molecule has 0 radical (unpaired) electrons. The van der Waals surface area contributed by atoms with Crippen LogP contribution in [-0.4, -0.2) is 11.9 Å². The van der Waals surface area contributed by atoms with E-state index in [1.807, 2.05) is 55.5 Å². The normalized spacial score (nSPS) is 18.8. The Bertz CT molecular complexity index is 1140. The number of urea groups is 1. The first-order valence-corrected chi connectivity index (χ1v) is 9.63. The van der Waals surface area contributed by atoms with Gasteiger partial charge in [-0.25, -0.2) is 4.79 Å². The molecule has 1 fully saturated rings. The second kappa shape index (κ2) is 7.60. The highest BCUT2D eigenvalue weighted by atomic mass is 35.5. The van der Waals surface area contributed by atoms with Crippen molar-refractivity contribution in [3.05, 3.63) is 89.1 Å². The van der Waals surface area contributed by atoms with Crippen molar-refractivity contribution < 1.29 is 9.59 Å². The van der Waals surface area contributed by atoms with Crippen LogP contribution in [0.15, 0.2) is 72.9 Å². The fourth-order valence-electron chi connectivity index (χ4n) is 3.71. The lowest BCUT2D eigenvalue weighted by Gasteiger charge is -2.34. The van der Waals surface area contributed by atoms with Crippen LogP contribution in [0.1, 0.15) is 17.2 Å². The molecule has 6 heteroatoms. The highest BCUT2D eigenvalue weighted by molar-refractivity contribution is 6.31. The van der Waals surface area contributed by atoms with E-state index in [9.17, 15) is 9.59 Å². The molecule has 3 amide bonds. The fraction of sp³-hybridized carbons (Fsp3) is 0.130. The van der Waals surface area contributed by atoms with E-state index in [2.05, 4.69) is 22.5 Å². The summed E-state index contributed by atoms with van der Waals surface area (Å²) in [7, 11) is 0. The summed E-state index contributed by atoms with van der Waals surface area (Å²) >= 11 is 6.09. The molecule has 0 saturated carbocycles. The molecular weight excluding hydrogens is 386 g/mol. The Morgan fingerprint density at radius 3 is 2.69 bits per heavy atom. The van der Waals surface area contributed by atoms with Gasteiger partial charge in [0.15, 0.2) is 0 Å². The number of amides is 3. The molecule has 4 rings (SSSR count). The Labute approximate surface area is 173 Å². The van der Waals surface area contributed by atoms with Gasteiger partial charge in [-0.1, -0.05) is 66.7 Å². The van der Waals surface area contributed by atoms with Crippen molar-refractivity contribution in [2.45, 2.75) is 13.0 Å². The number of carbonyl (C=O) groups excluding carboxylic acids is 2. The van der Waals surface area contributed by atoms with E-state index in [1.54, 1.807) is 12.1 Å². The molecule has 29 heavy (non-hydrogen) atoms. The Morgan fingerprint density at radius 2 is 1.86 bits per heavy atom. The van der Waals surface area contributed by atoms with Crippen LogP contribution in [0.4, 0.5) is 10.5 Å². The van der Waals surface area contributed by atoms with Gasteiger partial charge >= 0.3 is 6.03 Å². The number of nitrogens with one attached hydrogen (secondary N) is 3. The minimum atomic E-state index is -0.697. The summed E-state index contributed by atoms with van der Waals surface area (Å²) in [4.78, 5) is 25.4. The maximum atomic E-state index is 13.3. The van der Waals surface area contributed by atoms with Crippen LogP contribution in [0.2, 0.25) is 5.02 Å². The molecule has 1 heterocycles. The van der Waals surface area contributed by atoms with E-state index in [0.717, 1.165) is 21.9 Å². The summed E-state index contributed by atoms with van der Waals surface area (Å²) in [5, 5.41) is 11.0. The SMILES string of the molecule is C=C1NC(=O)N[C@H](c2cccc3ccccc23)[C@@H]1C(=O)Nc1cc(Cl)ccc1C. The van der Waals surface area contributed by atoms with E-state index >= 15 is 0 Å². The van der Waals surface area contributed by atoms with Crippen LogP contribution in [0, 0.1) is 12.8 Å². The van der Waals surface area contributed by atoms with Gasteiger partial charge in [-0.05, 0) is 41.0 Å². The van der Waals surface area contributed by atoms with Crippen LogP contribution >= 0.6 is 11.6 Å². The van der Waals surface area contributed by atoms with Crippen LogP contribution < -0.4 is 16.0 Å². The third kappa shape index (κ3) is 3.69. The molecule has 1 saturated heterocycles. The van der Waals surface area contributed by atoms with E-state index in [-0.39, 0.29) is 11.9 Å². The molecule has 0 spiro atoms. The predicted molar refractivity (Wildman–Crippen MR) is 116 cm³/mol. The molecule has 5 nitrogen and oxygen atoms in total. The van der Waals surface area contributed by atoms with Crippen LogP contribution in [0.5, 0.6) is 0 Å². The van der Waals surface area contributed by atoms with E-state index in [1.165, 1.54) is 0 Å². The zero-order valence-corrected chi connectivity index (χ0v) is 16.6. The van der Waals surface area contributed by atoms with Gasteiger partial charge in [0.25, 0.3) is 0 Å². The molecule has 0 unspecified atom stereocenters. The van der Waals surface area contributed by atoms with Crippen LogP contribution in [-0.2, 0) is 4.79 Å². The quantitative estimate of drug-likeness (QED) is 0.578. The topological polar surface area (TPSA) is 70.2 Å². The van der Waals surface area contributed by atoms with Crippen molar-refractivity contribution in [2.75, 3.05) is 5.32 Å². The van der Waals surface area contributed by atoms with Gasteiger partial charge in [-0.2, -0.15) is 0 Å². The second-order valence-corrected chi connectivity index (χ2v) is 7.53. The summed E-state index contributed by atoms with van der Waals surface area (Å²) in [6, 6.07) is 18.1. The summed E-state index contributed by atoms with van der Waals surface area (Å²) in [6.45, 7) is 5.84. The van der Waals surface area contributed by atoms with Crippen molar-refractivity contribution in [3.63, 3.8) is 0 Å². The molecule has 3 N–H and O–H groups in total. The monoisotopic (exact) mass is 405 g/mol. The Hall–Kier alpha value is -3.31. The van der Waals surface area contributed by atoms with E-state index < -0.39 is 12.0 Å². The summed E-state index contributed by atoms with van der Waals surface area (Å²) < 4.78 is 0. The van der Waals surface area contributed by atoms with Crippen LogP contribution in [0.25, 0.3) is 10.8 Å². The molecule has 2 atom stereocenters.